The predicted molar refractivity (Wildman–Crippen MR) is 60.7 cm³/mol. The van der Waals surface area contributed by atoms with E-state index < -0.39 is 0 Å². The molecule has 0 fully saturated rings. The Balaban J connectivity index is 2.89. The Morgan fingerprint density at radius 1 is 1.60 bits per heavy atom. The summed E-state index contributed by atoms with van der Waals surface area (Å²) in [6.45, 7) is 6.12. The van der Waals surface area contributed by atoms with E-state index in [-0.39, 0.29) is 0 Å². The fraction of sp³-hybridized carbons (Fsp3) is 0.636. The Morgan fingerprint density at radius 3 is 2.80 bits per heavy atom. The van der Waals surface area contributed by atoms with E-state index in [9.17, 15) is 0 Å². The van der Waals surface area contributed by atoms with Crippen molar-refractivity contribution in [2.75, 3.05) is 5.32 Å². The second-order valence-electron chi connectivity index (χ2n) is 3.88. The molecule has 0 aliphatic heterocycles. The Hall–Kier alpha value is -1.50. The fourth-order valence-electron chi connectivity index (χ4n) is 1.70. The van der Waals surface area contributed by atoms with Crippen molar-refractivity contribution >= 4 is 5.82 Å². The Labute approximate surface area is 90.9 Å². The monoisotopic (exact) mass is 206 g/mol. The van der Waals surface area contributed by atoms with Crippen LogP contribution in [0, 0.1) is 18.3 Å². The van der Waals surface area contributed by atoms with Gasteiger partial charge < -0.3 is 5.32 Å². The molecule has 0 spiro atoms. The van der Waals surface area contributed by atoms with Crippen molar-refractivity contribution in [3.63, 3.8) is 0 Å². The lowest BCUT2D eigenvalue weighted by Gasteiger charge is -2.14. The molecule has 4 heteroatoms. The highest BCUT2D eigenvalue weighted by Crippen LogP contribution is 2.18. The first-order valence-corrected chi connectivity index (χ1v) is 5.30. The van der Waals surface area contributed by atoms with Crippen LogP contribution in [0.15, 0.2) is 0 Å². The SMILES string of the molecule is CCCC(C)Nc1c(C#N)c(C)nn1C. The van der Waals surface area contributed by atoms with Crippen LogP contribution in [0.2, 0.25) is 0 Å². The van der Waals surface area contributed by atoms with E-state index in [1.54, 1.807) is 4.68 Å². The topological polar surface area (TPSA) is 53.6 Å². The minimum Gasteiger partial charge on any atom is -0.367 e. The molecule has 0 bridgehead atoms. The standard InChI is InChI=1S/C11H18N4/c1-5-6-8(2)13-11-10(7-12)9(3)14-15(11)4/h8,13H,5-6H2,1-4H3. The zero-order valence-corrected chi connectivity index (χ0v) is 9.83. The maximum absolute atomic E-state index is 9.01. The zero-order chi connectivity index (χ0) is 11.4. The number of aryl methyl sites for hydroxylation is 2. The summed E-state index contributed by atoms with van der Waals surface area (Å²) in [5.41, 5.74) is 1.44. The lowest BCUT2D eigenvalue weighted by atomic mass is 10.2. The number of anilines is 1. The van der Waals surface area contributed by atoms with E-state index in [1.807, 2.05) is 14.0 Å². The highest BCUT2D eigenvalue weighted by Gasteiger charge is 2.14. The summed E-state index contributed by atoms with van der Waals surface area (Å²) in [6.07, 6.45) is 2.22. The molecule has 1 atom stereocenters. The van der Waals surface area contributed by atoms with Gasteiger partial charge in [0.05, 0.1) is 5.69 Å². The number of rotatable bonds is 4. The first kappa shape index (κ1) is 11.6. The number of nitrogens with one attached hydrogen (secondary N) is 1. The summed E-state index contributed by atoms with van der Waals surface area (Å²) < 4.78 is 1.74. The molecule has 0 saturated carbocycles. The van der Waals surface area contributed by atoms with Gasteiger partial charge in [-0.2, -0.15) is 10.4 Å². The molecular formula is C11H18N4. The molecule has 1 N–H and O–H groups in total. The van der Waals surface area contributed by atoms with Crippen LogP contribution in [-0.4, -0.2) is 15.8 Å². The van der Waals surface area contributed by atoms with Gasteiger partial charge in [-0.1, -0.05) is 13.3 Å². The van der Waals surface area contributed by atoms with Crippen LogP contribution in [0.1, 0.15) is 37.9 Å². The van der Waals surface area contributed by atoms with Crippen LogP contribution in [0.5, 0.6) is 0 Å². The Morgan fingerprint density at radius 2 is 2.27 bits per heavy atom. The van der Waals surface area contributed by atoms with Gasteiger partial charge in [0, 0.05) is 13.1 Å². The van der Waals surface area contributed by atoms with E-state index >= 15 is 0 Å². The van der Waals surface area contributed by atoms with Gasteiger partial charge >= 0.3 is 0 Å². The van der Waals surface area contributed by atoms with Crippen molar-refractivity contribution < 1.29 is 0 Å². The quantitative estimate of drug-likeness (QED) is 0.821. The van der Waals surface area contributed by atoms with Crippen LogP contribution < -0.4 is 5.32 Å². The number of aromatic nitrogens is 2. The highest BCUT2D eigenvalue weighted by molar-refractivity contribution is 5.55. The number of hydrogen-bond acceptors (Lipinski definition) is 3. The van der Waals surface area contributed by atoms with Crippen LogP contribution in [0.3, 0.4) is 0 Å². The number of nitrogens with zero attached hydrogens (tertiary/aromatic N) is 3. The second-order valence-corrected chi connectivity index (χ2v) is 3.88. The molecule has 1 aromatic heterocycles. The van der Waals surface area contributed by atoms with Crippen molar-refractivity contribution in [1.29, 1.82) is 5.26 Å². The summed E-state index contributed by atoms with van der Waals surface area (Å²) in [7, 11) is 1.86. The summed E-state index contributed by atoms with van der Waals surface area (Å²) in [4.78, 5) is 0. The van der Waals surface area contributed by atoms with E-state index in [1.165, 1.54) is 0 Å². The van der Waals surface area contributed by atoms with Gasteiger partial charge in [0.25, 0.3) is 0 Å². The van der Waals surface area contributed by atoms with Crippen LogP contribution >= 0.6 is 0 Å². The van der Waals surface area contributed by atoms with Crippen molar-refractivity contribution in [2.45, 2.75) is 39.7 Å². The van der Waals surface area contributed by atoms with Crippen LogP contribution in [0.4, 0.5) is 5.82 Å². The van der Waals surface area contributed by atoms with Gasteiger partial charge in [0.2, 0.25) is 0 Å². The molecule has 4 nitrogen and oxygen atoms in total. The molecule has 0 radical (unpaired) electrons. The van der Waals surface area contributed by atoms with Gasteiger partial charge in [-0.15, -0.1) is 0 Å². The smallest absolute Gasteiger partial charge is 0.142 e. The van der Waals surface area contributed by atoms with Crippen LogP contribution in [0.25, 0.3) is 0 Å². The Kier molecular flexibility index (Phi) is 3.73. The molecular weight excluding hydrogens is 188 g/mol. The molecule has 0 aliphatic carbocycles. The van der Waals surface area contributed by atoms with Crippen molar-refractivity contribution in [3.8, 4) is 6.07 Å². The summed E-state index contributed by atoms with van der Waals surface area (Å²) in [6, 6.07) is 2.56. The first-order valence-electron chi connectivity index (χ1n) is 5.30. The normalized spacial score (nSPS) is 12.2. The van der Waals surface area contributed by atoms with Crippen molar-refractivity contribution in [2.24, 2.45) is 7.05 Å². The minimum atomic E-state index is 0.372. The molecule has 82 valence electrons. The molecule has 0 amide bonds. The third kappa shape index (κ3) is 2.50. The van der Waals surface area contributed by atoms with Gasteiger partial charge in [-0.25, -0.2) is 0 Å². The van der Waals surface area contributed by atoms with Gasteiger partial charge in [0.15, 0.2) is 0 Å². The molecule has 1 heterocycles. The van der Waals surface area contributed by atoms with E-state index in [2.05, 4.69) is 30.3 Å². The third-order valence-corrected chi connectivity index (χ3v) is 2.44. The second kappa shape index (κ2) is 4.83. The van der Waals surface area contributed by atoms with Crippen molar-refractivity contribution in [1.82, 2.24) is 9.78 Å². The minimum absolute atomic E-state index is 0.372. The fourth-order valence-corrected chi connectivity index (χ4v) is 1.70. The summed E-state index contributed by atoms with van der Waals surface area (Å²) in [5, 5.41) is 16.6. The average molecular weight is 206 g/mol. The van der Waals surface area contributed by atoms with Gasteiger partial charge in [-0.05, 0) is 20.3 Å². The maximum atomic E-state index is 9.01. The van der Waals surface area contributed by atoms with Gasteiger partial charge in [-0.3, -0.25) is 4.68 Å². The predicted octanol–water partition coefficient (Wildman–Crippen LogP) is 2.20. The molecule has 0 aromatic carbocycles. The van der Waals surface area contributed by atoms with E-state index in [0.29, 0.717) is 11.6 Å². The lowest BCUT2D eigenvalue weighted by molar-refractivity contribution is 0.670. The van der Waals surface area contributed by atoms with E-state index in [4.69, 9.17) is 5.26 Å². The Bertz CT molecular complexity index is 373. The van der Waals surface area contributed by atoms with Crippen LogP contribution in [-0.2, 0) is 7.05 Å². The molecule has 1 rings (SSSR count). The maximum Gasteiger partial charge on any atom is 0.142 e. The largest absolute Gasteiger partial charge is 0.367 e. The lowest BCUT2D eigenvalue weighted by Crippen LogP contribution is -2.17. The highest BCUT2D eigenvalue weighted by atomic mass is 15.3. The zero-order valence-electron chi connectivity index (χ0n) is 9.83. The van der Waals surface area contributed by atoms with Gasteiger partial charge in [0.1, 0.15) is 17.5 Å². The number of nitriles is 1. The summed E-state index contributed by atoms with van der Waals surface area (Å²) in [5.74, 6) is 0.830. The third-order valence-electron chi connectivity index (χ3n) is 2.44. The first-order chi connectivity index (χ1) is 7.10. The molecule has 0 saturated heterocycles. The molecule has 1 aromatic rings. The molecule has 0 aliphatic rings. The van der Waals surface area contributed by atoms with Crippen molar-refractivity contribution in [3.05, 3.63) is 11.3 Å². The van der Waals surface area contributed by atoms with E-state index in [0.717, 1.165) is 24.4 Å². The average Bonchev–Trinajstić information content (AvgIpc) is 2.42. The molecule has 15 heavy (non-hydrogen) atoms. The number of hydrogen-bond donors (Lipinski definition) is 1. The molecule has 1 unspecified atom stereocenters. The summed E-state index contributed by atoms with van der Waals surface area (Å²) >= 11 is 0.